The van der Waals surface area contributed by atoms with Gasteiger partial charge in [-0.15, -0.1) is 0 Å². The molecule has 0 aliphatic carbocycles. The van der Waals surface area contributed by atoms with E-state index in [-0.39, 0.29) is 7.05 Å². The van der Waals surface area contributed by atoms with Gasteiger partial charge in [-0.2, -0.15) is 5.26 Å². The van der Waals surface area contributed by atoms with Crippen LogP contribution >= 0.6 is 0 Å². The number of aromatic nitrogens is 1. The zero-order valence-electron chi connectivity index (χ0n) is 22.5. The standard InChI is InChI=1S/C37H22BN3O/c39-23-24-19-26(21-27(20-24)40-33-12-4-1-9-28(33)29-10-2-5-13-34(29)40)25-17-18-32-31(22-25)30-11-3-6-14-35(30)41-36-15-7-8-16-37(36)42-38(32)41/h1-22H. The number of hydrogen-bond donors (Lipinski definition) is 0. The van der Waals surface area contributed by atoms with E-state index >= 15 is 0 Å². The molecule has 2 aliphatic rings. The van der Waals surface area contributed by atoms with Crippen molar-refractivity contribution in [3.63, 3.8) is 0 Å². The van der Waals surface area contributed by atoms with Crippen molar-refractivity contribution in [1.82, 2.24) is 4.57 Å². The lowest BCUT2D eigenvalue weighted by Gasteiger charge is -2.31. The number of hydrogen-bond acceptors (Lipinski definition) is 3. The molecule has 2 aliphatic heterocycles. The molecule has 0 spiro atoms. The second-order valence-electron chi connectivity index (χ2n) is 10.9. The summed E-state index contributed by atoms with van der Waals surface area (Å²) in [6.07, 6.45) is 0. The molecule has 0 N–H and O–H groups in total. The second kappa shape index (κ2) is 8.64. The number of benzene rings is 6. The Balaban J connectivity index is 1.24. The molecule has 3 heterocycles. The lowest BCUT2D eigenvalue weighted by atomic mass is 9.64. The van der Waals surface area contributed by atoms with E-state index in [9.17, 15) is 5.26 Å². The maximum absolute atomic E-state index is 10.1. The first-order chi connectivity index (χ1) is 20.8. The third kappa shape index (κ3) is 3.18. The molecule has 42 heavy (non-hydrogen) atoms. The molecular weight excluding hydrogens is 513 g/mol. The molecular formula is C37H22BN3O. The number of anilines is 2. The van der Waals surface area contributed by atoms with Gasteiger partial charge in [0.25, 0.3) is 0 Å². The van der Waals surface area contributed by atoms with Gasteiger partial charge in [0.05, 0.1) is 28.4 Å². The Bertz CT molecular complexity index is 2230. The van der Waals surface area contributed by atoms with Gasteiger partial charge in [0.2, 0.25) is 0 Å². The molecule has 1 aromatic heterocycles. The number of rotatable bonds is 2. The minimum absolute atomic E-state index is 0.222. The monoisotopic (exact) mass is 535 g/mol. The van der Waals surface area contributed by atoms with E-state index in [0.29, 0.717) is 5.56 Å². The maximum atomic E-state index is 10.1. The summed E-state index contributed by atoms with van der Waals surface area (Å²) in [6, 6.07) is 48.9. The van der Waals surface area contributed by atoms with Gasteiger partial charge in [-0.25, -0.2) is 0 Å². The van der Waals surface area contributed by atoms with Crippen molar-refractivity contribution >= 4 is 45.7 Å². The highest BCUT2D eigenvalue weighted by molar-refractivity contribution is 6.77. The number of nitrogens with zero attached hydrogens (tertiary/aromatic N) is 3. The van der Waals surface area contributed by atoms with Crippen LogP contribution < -0.4 is 14.9 Å². The summed E-state index contributed by atoms with van der Waals surface area (Å²) < 4.78 is 8.77. The van der Waals surface area contributed by atoms with Gasteiger partial charge in [0.1, 0.15) is 5.75 Å². The summed E-state index contributed by atoms with van der Waals surface area (Å²) in [6.45, 7) is 0. The molecule has 0 atom stereocenters. The fraction of sp³-hybridized carbons (Fsp3) is 0. The first-order valence-corrected chi connectivity index (χ1v) is 14.1. The van der Waals surface area contributed by atoms with Gasteiger partial charge in [0.15, 0.2) is 0 Å². The zero-order valence-corrected chi connectivity index (χ0v) is 22.5. The summed E-state index contributed by atoms with van der Waals surface area (Å²) >= 11 is 0. The van der Waals surface area contributed by atoms with Crippen LogP contribution in [0.2, 0.25) is 0 Å². The summed E-state index contributed by atoms with van der Waals surface area (Å²) in [5.41, 5.74) is 11.6. The van der Waals surface area contributed by atoms with Crippen molar-refractivity contribution in [2.45, 2.75) is 0 Å². The lowest BCUT2D eigenvalue weighted by molar-refractivity contribution is 0.603. The lowest BCUT2D eigenvalue weighted by Crippen LogP contribution is -2.50. The van der Waals surface area contributed by atoms with Crippen LogP contribution in [0.25, 0.3) is 49.7 Å². The van der Waals surface area contributed by atoms with Crippen molar-refractivity contribution in [2.75, 3.05) is 4.81 Å². The topological polar surface area (TPSA) is 41.2 Å². The number of para-hydroxylation sites is 5. The minimum Gasteiger partial charge on any atom is -0.536 e. The Labute approximate surface area is 243 Å². The molecule has 7 aromatic rings. The average molecular weight is 535 g/mol. The van der Waals surface area contributed by atoms with E-state index in [2.05, 4.69) is 125 Å². The van der Waals surface area contributed by atoms with Crippen LogP contribution in [0.3, 0.4) is 0 Å². The summed E-state index contributed by atoms with van der Waals surface area (Å²) in [5, 5.41) is 12.5. The van der Waals surface area contributed by atoms with E-state index in [4.69, 9.17) is 4.65 Å². The van der Waals surface area contributed by atoms with Crippen LogP contribution in [0.4, 0.5) is 11.4 Å². The Morgan fingerprint density at radius 3 is 2.07 bits per heavy atom. The smallest absolute Gasteiger partial charge is 0.524 e. The van der Waals surface area contributed by atoms with E-state index in [1.165, 1.54) is 16.3 Å². The van der Waals surface area contributed by atoms with E-state index in [1.807, 2.05) is 24.3 Å². The van der Waals surface area contributed by atoms with Crippen molar-refractivity contribution in [3.8, 4) is 39.8 Å². The molecule has 194 valence electrons. The first kappa shape index (κ1) is 23.0. The van der Waals surface area contributed by atoms with Crippen LogP contribution in [-0.4, -0.2) is 11.6 Å². The quantitative estimate of drug-likeness (QED) is 0.210. The summed E-state index contributed by atoms with van der Waals surface area (Å²) in [5.74, 6) is 0.895. The molecule has 0 fully saturated rings. The zero-order chi connectivity index (χ0) is 27.8. The highest BCUT2D eigenvalue weighted by Crippen LogP contribution is 2.47. The van der Waals surface area contributed by atoms with Crippen LogP contribution in [-0.2, 0) is 0 Å². The molecule has 0 amide bonds. The van der Waals surface area contributed by atoms with Crippen molar-refractivity contribution < 1.29 is 4.65 Å². The summed E-state index contributed by atoms with van der Waals surface area (Å²) in [7, 11) is -0.222. The molecule has 0 bridgehead atoms. The van der Waals surface area contributed by atoms with Crippen molar-refractivity contribution in [3.05, 3.63) is 139 Å². The molecule has 0 radical (unpaired) electrons. The SMILES string of the molecule is N#Cc1cc(-c2ccc3c(c2)-c2ccccc2N2B3Oc3ccccc32)cc(-n2c3ccccc3c3ccccc32)c1. The molecule has 9 rings (SSSR count). The fourth-order valence-corrected chi connectivity index (χ4v) is 6.78. The Kier molecular flexibility index (Phi) is 4.73. The number of fused-ring (bicyclic) bond motifs is 11. The molecule has 4 nitrogen and oxygen atoms in total. The fourth-order valence-electron chi connectivity index (χ4n) is 6.78. The highest BCUT2D eigenvalue weighted by atomic mass is 16.5. The van der Waals surface area contributed by atoms with Crippen molar-refractivity contribution in [2.24, 2.45) is 0 Å². The second-order valence-corrected chi connectivity index (χ2v) is 10.9. The highest BCUT2D eigenvalue weighted by Gasteiger charge is 2.44. The number of nitriles is 1. The molecule has 0 saturated heterocycles. The predicted molar refractivity (Wildman–Crippen MR) is 171 cm³/mol. The van der Waals surface area contributed by atoms with Crippen LogP contribution in [0.15, 0.2) is 133 Å². The van der Waals surface area contributed by atoms with Crippen LogP contribution in [0, 0.1) is 11.3 Å². The van der Waals surface area contributed by atoms with Gasteiger partial charge < -0.3 is 14.0 Å². The minimum atomic E-state index is -0.222. The van der Waals surface area contributed by atoms with Crippen molar-refractivity contribution in [1.29, 1.82) is 5.26 Å². The largest absolute Gasteiger partial charge is 0.536 e. The van der Waals surface area contributed by atoms with Gasteiger partial charge in [0, 0.05) is 27.7 Å². The Morgan fingerprint density at radius 1 is 0.595 bits per heavy atom. The van der Waals surface area contributed by atoms with E-state index in [1.54, 1.807) is 0 Å². The molecule has 0 unspecified atom stereocenters. The predicted octanol–water partition coefficient (Wildman–Crippen LogP) is 8.23. The van der Waals surface area contributed by atoms with Gasteiger partial charge >= 0.3 is 7.05 Å². The first-order valence-electron chi connectivity index (χ1n) is 14.1. The average Bonchev–Trinajstić information content (AvgIpc) is 3.61. The van der Waals surface area contributed by atoms with Crippen LogP contribution in [0.1, 0.15) is 5.56 Å². The van der Waals surface area contributed by atoms with E-state index in [0.717, 1.165) is 56.0 Å². The van der Waals surface area contributed by atoms with Crippen LogP contribution in [0.5, 0.6) is 5.75 Å². The van der Waals surface area contributed by atoms with E-state index < -0.39 is 0 Å². The van der Waals surface area contributed by atoms with Gasteiger partial charge in [-0.3, -0.25) is 0 Å². The molecule has 0 saturated carbocycles. The normalized spacial score (nSPS) is 12.8. The van der Waals surface area contributed by atoms with Gasteiger partial charge in [-0.1, -0.05) is 78.9 Å². The molecule has 5 heteroatoms. The maximum Gasteiger partial charge on any atom is 0.524 e. The molecule has 6 aromatic carbocycles. The third-order valence-corrected chi connectivity index (χ3v) is 8.59. The summed E-state index contributed by atoms with van der Waals surface area (Å²) in [4.78, 5) is 2.29. The third-order valence-electron chi connectivity index (χ3n) is 8.59. The Morgan fingerprint density at radius 2 is 1.29 bits per heavy atom. The Hall–Kier alpha value is -5.73. The van der Waals surface area contributed by atoms with Gasteiger partial charge in [-0.05, 0) is 76.8 Å².